The van der Waals surface area contributed by atoms with Gasteiger partial charge in [0.05, 0.1) is 6.10 Å². The minimum Gasteiger partial charge on any atom is -0.299 e. The van der Waals surface area contributed by atoms with Crippen LogP contribution in [-0.4, -0.2) is 12.6 Å². The van der Waals surface area contributed by atoms with Crippen LogP contribution in [0.4, 0.5) is 0 Å². The van der Waals surface area contributed by atoms with Crippen LogP contribution in [-0.2, 0) is 4.84 Å². The first-order valence-corrected chi connectivity index (χ1v) is 4.82. The maximum absolute atomic E-state index is 5.46. The van der Waals surface area contributed by atoms with Gasteiger partial charge in [-0.3, -0.25) is 4.84 Å². The molecular formula is C9H19NO. The standard InChI is InChI=1S/C9H19NO/c1-2-10-11-9-7-5-3-4-6-8-9/h9-10H,2-8H2,1H3. The summed E-state index contributed by atoms with van der Waals surface area (Å²) in [6.07, 6.45) is 8.45. The van der Waals surface area contributed by atoms with Crippen molar-refractivity contribution in [2.45, 2.75) is 51.6 Å². The molecule has 1 rings (SSSR count). The Kier molecular flexibility index (Phi) is 4.55. The summed E-state index contributed by atoms with van der Waals surface area (Å²) in [7, 11) is 0. The van der Waals surface area contributed by atoms with Crippen LogP contribution in [0.1, 0.15) is 45.4 Å². The Balaban J connectivity index is 2.09. The van der Waals surface area contributed by atoms with Crippen molar-refractivity contribution < 1.29 is 4.84 Å². The molecule has 0 aromatic carbocycles. The average molecular weight is 157 g/mol. The third-order valence-electron chi connectivity index (χ3n) is 2.20. The van der Waals surface area contributed by atoms with Crippen molar-refractivity contribution in [2.24, 2.45) is 0 Å². The number of rotatable bonds is 3. The van der Waals surface area contributed by atoms with Crippen molar-refractivity contribution in [2.75, 3.05) is 6.54 Å². The summed E-state index contributed by atoms with van der Waals surface area (Å²) in [6.45, 7) is 2.98. The molecule has 0 saturated heterocycles. The van der Waals surface area contributed by atoms with Gasteiger partial charge in [0.25, 0.3) is 0 Å². The number of hydrogen-bond acceptors (Lipinski definition) is 2. The first-order valence-electron chi connectivity index (χ1n) is 4.82. The minimum atomic E-state index is 0.484. The summed E-state index contributed by atoms with van der Waals surface area (Å²) in [5.41, 5.74) is 2.95. The molecule has 0 amide bonds. The lowest BCUT2D eigenvalue weighted by molar-refractivity contribution is -0.0291. The van der Waals surface area contributed by atoms with E-state index >= 15 is 0 Å². The first-order chi connectivity index (χ1) is 5.43. The molecule has 0 bridgehead atoms. The largest absolute Gasteiger partial charge is 0.299 e. The molecule has 0 aromatic rings. The molecule has 1 saturated carbocycles. The van der Waals surface area contributed by atoms with Gasteiger partial charge in [-0.2, -0.15) is 0 Å². The molecule has 11 heavy (non-hydrogen) atoms. The summed E-state index contributed by atoms with van der Waals surface area (Å²) < 4.78 is 0. The number of hydroxylamine groups is 1. The molecule has 66 valence electrons. The zero-order valence-corrected chi connectivity index (χ0v) is 7.44. The zero-order valence-electron chi connectivity index (χ0n) is 7.44. The summed E-state index contributed by atoms with van der Waals surface area (Å²) >= 11 is 0. The fourth-order valence-corrected chi connectivity index (χ4v) is 1.56. The van der Waals surface area contributed by atoms with E-state index in [4.69, 9.17) is 4.84 Å². The Morgan fingerprint density at radius 3 is 2.36 bits per heavy atom. The monoisotopic (exact) mass is 157 g/mol. The van der Waals surface area contributed by atoms with E-state index in [2.05, 4.69) is 12.4 Å². The van der Waals surface area contributed by atoms with Crippen LogP contribution in [0.3, 0.4) is 0 Å². The van der Waals surface area contributed by atoms with E-state index in [9.17, 15) is 0 Å². The van der Waals surface area contributed by atoms with Gasteiger partial charge in [0.15, 0.2) is 0 Å². The van der Waals surface area contributed by atoms with Crippen molar-refractivity contribution >= 4 is 0 Å². The quantitative estimate of drug-likeness (QED) is 0.501. The van der Waals surface area contributed by atoms with E-state index in [1.807, 2.05) is 0 Å². The predicted molar refractivity (Wildman–Crippen MR) is 46.3 cm³/mol. The fourth-order valence-electron chi connectivity index (χ4n) is 1.56. The van der Waals surface area contributed by atoms with Crippen molar-refractivity contribution in [1.82, 2.24) is 5.48 Å². The van der Waals surface area contributed by atoms with Crippen molar-refractivity contribution in [1.29, 1.82) is 0 Å². The second-order valence-corrected chi connectivity index (χ2v) is 3.23. The summed E-state index contributed by atoms with van der Waals surface area (Å²) in [4.78, 5) is 5.46. The Morgan fingerprint density at radius 2 is 1.82 bits per heavy atom. The normalized spacial score (nSPS) is 21.5. The summed E-state index contributed by atoms with van der Waals surface area (Å²) in [5.74, 6) is 0. The highest BCUT2D eigenvalue weighted by Gasteiger charge is 2.11. The van der Waals surface area contributed by atoms with Gasteiger partial charge < -0.3 is 0 Å². The van der Waals surface area contributed by atoms with E-state index < -0.39 is 0 Å². The Labute approximate surface area is 69.3 Å². The highest BCUT2D eigenvalue weighted by molar-refractivity contribution is 4.62. The van der Waals surface area contributed by atoms with Crippen molar-refractivity contribution in [3.05, 3.63) is 0 Å². The van der Waals surface area contributed by atoms with E-state index in [0.29, 0.717) is 6.10 Å². The average Bonchev–Trinajstić information content (AvgIpc) is 2.28. The lowest BCUT2D eigenvalue weighted by Crippen LogP contribution is -2.23. The minimum absolute atomic E-state index is 0.484. The Morgan fingerprint density at radius 1 is 1.18 bits per heavy atom. The lowest BCUT2D eigenvalue weighted by Gasteiger charge is -2.13. The van der Waals surface area contributed by atoms with Gasteiger partial charge in [-0.15, -0.1) is 0 Å². The summed E-state index contributed by atoms with van der Waals surface area (Å²) in [6, 6.07) is 0. The lowest BCUT2D eigenvalue weighted by atomic mass is 10.2. The maximum Gasteiger partial charge on any atom is 0.0790 e. The van der Waals surface area contributed by atoms with E-state index in [1.54, 1.807) is 0 Å². The second-order valence-electron chi connectivity index (χ2n) is 3.23. The third kappa shape index (κ3) is 3.73. The molecule has 0 atom stereocenters. The van der Waals surface area contributed by atoms with Gasteiger partial charge in [-0.05, 0) is 12.8 Å². The molecule has 0 aromatic heterocycles. The molecular weight excluding hydrogens is 138 g/mol. The van der Waals surface area contributed by atoms with Crippen LogP contribution < -0.4 is 5.48 Å². The van der Waals surface area contributed by atoms with Gasteiger partial charge in [-0.1, -0.05) is 32.6 Å². The predicted octanol–water partition coefficient (Wildman–Crippen LogP) is 2.25. The third-order valence-corrected chi connectivity index (χ3v) is 2.20. The highest BCUT2D eigenvalue weighted by atomic mass is 16.7. The summed E-state index contributed by atoms with van der Waals surface area (Å²) in [5, 5.41) is 0. The van der Waals surface area contributed by atoms with Crippen LogP contribution in [0.5, 0.6) is 0 Å². The van der Waals surface area contributed by atoms with Gasteiger partial charge in [0, 0.05) is 6.54 Å². The molecule has 1 fully saturated rings. The van der Waals surface area contributed by atoms with Crippen LogP contribution >= 0.6 is 0 Å². The molecule has 0 radical (unpaired) electrons. The van der Waals surface area contributed by atoms with Gasteiger partial charge in [-0.25, -0.2) is 5.48 Å². The smallest absolute Gasteiger partial charge is 0.0790 e. The van der Waals surface area contributed by atoms with Crippen LogP contribution in [0.25, 0.3) is 0 Å². The molecule has 0 spiro atoms. The van der Waals surface area contributed by atoms with E-state index in [-0.39, 0.29) is 0 Å². The van der Waals surface area contributed by atoms with E-state index in [1.165, 1.54) is 38.5 Å². The SMILES string of the molecule is CCNOC1CCCCCC1. The van der Waals surface area contributed by atoms with Crippen LogP contribution in [0, 0.1) is 0 Å². The molecule has 2 heteroatoms. The van der Waals surface area contributed by atoms with Gasteiger partial charge in [0.1, 0.15) is 0 Å². The van der Waals surface area contributed by atoms with Gasteiger partial charge >= 0.3 is 0 Å². The Hall–Kier alpha value is -0.0800. The van der Waals surface area contributed by atoms with Crippen LogP contribution in [0.2, 0.25) is 0 Å². The molecule has 1 aliphatic rings. The highest BCUT2D eigenvalue weighted by Crippen LogP contribution is 2.18. The molecule has 1 N–H and O–H groups in total. The number of hydrogen-bond donors (Lipinski definition) is 1. The fraction of sp³-hybridized carbons (Fsp3) is 1.00. The zero-order chi connectivity index (χ0) is 7.94. The number of nitrogens with one attached hydrogen (secondary N) is 1. The maximum atomic E-state index is 5.46. The van der Waals surface area contributed by atoms with E-state index in [0.717, 1.165) is 6.54 Å². The second kappa shape index (κ2) is 5.56. The molecule has 0 unspecified atom stereocenters. The molecule has 0 heterocycles. The van der Waals surface area contributed by atoms with Crippen molar-refractivity contribution in [3.63, 3.8) is 0 Å². The Bertz CT molecular complexity index is 87.6. The topological polar surface area (TPSA) is 21.3 Å². The molecule has 1 aliphatic carbocycles. The molecule has 0 aliphatic heterocycles. The van der Waals surface area contributed by atoms with Crippen LogP contribution in [0.15, 0.2) is 0 Å². The van der Waals surface area contributed by atoms with Gasteiger partial charge in [0.2, 0.25) is 0 Å². The molecule has 2 nitrogen and oxygen atoms in total. The van der Waals surface area contributed by atoms with Crippen molar-refractivity contribution in [3.8, 4) is 0 Å². The first kappa shape index (κ1) is 9.01.